The van der Waals surface area contributed by atoms with Gasteiger partial charge in [0, 0.05) is 23.7 Å². The van der Waals surface area contributed by atoms with Gasteiger partial charge in [0.15, 0.2) is 11.2 Å². The zero-order chi connectivity index (χ0) is 14.5. The topological polar surface area (TPSA) is 56.3 Å². The van der Waals surface area contributed by atoms with E-state index in [2.05, 4.69) is 4.98 Å². The zero-order valence-electron chi connectivity index (χ0n) is 11.9. The van der Waals surface area contributed by atoms with E-state index in [1.807, 2.05) is 32.1 Å². The van der Waals surface area contributed by atoms with Gasteiger partial charge in [-0.1, -0.05) is 17.7 Å². The second-order valence-electron chi connectivity index (χ2n) is 5.71. The minimum absolute atomic E-state index is 0.0481. The maximum atomic E-state index is 12.7. The number of carbonyl (C=O) groups is 2. The maximum Gasteiger partial charge on any atom is 0.324 e. The van der Waals surface area contributed by atoms with Crippen molar-refractivity contribution >= 4 is 11.8 Å². The largest absolute Gasteiger partial charge is 0.468 e. The number of hydrogen-bond acceptors (Lipinski definition) is 4. The van der Waals surface area contributed by atoms with Gasteiger partial charge in [0.25, 0.3) is 0 Å². The second-order valence-corrected chi connectivity index (χ2v) is 5.71. The number of fused-ring (bicyclic) bond motifs is 4. The molecule has 0 saturated heterocycles. The molecule has 0 N–H and O–H groups in total. The van der Waals surface area contributed by atoms with Gasteiger partial charge >= 0.3 is 5.97 Å². The third-order valence-electron chi connectivity index (χ3n) is 4.31. The summed E-state index contributed by atoms with van der Waals surface area (Å²) in [5, 5.41) is 0. The number of aryl methyl sites for hydroxylation is 1. The van der Waals surface area contributed by atoms with Crippen molar-refractivity contribution in [2.75, 3.05) is 7.11 Å². The van der Waals surface area contributed by atoms with Gasteiger partial charge in [0.05, 0.1) is 7.11 Å². The van der Waals surface area contributed by atoms with Gasteiger partial charge in [0.1, 0.15) is 0 Å². The van der Waals surface area contributed by atoms with Crippen molar-refractivity contribution in [3.63, 3.8) is 0 Å². The number of allylic oxidation sites excluding steroid dienone is 2. The van der Waals surface area contributed by atoms with Gasteiger partial charge in [0.2, 0.25) is 0 Å². The van der Waals surface area contributed by atoms with E-state index in [0.29, 0.717) is 12.8 Å². The Labute approximate surface area is 117 Å². The highest BCUT2D eigenvalue weighted by Crippen LogP contribution is 2.45. The van der Waals surface area contributed by atoms with Crippen LogP contribution in [0, 0.1) is 12.8 Å². The number of methoxy groups -OCH3 is 1. The molecule has 0 aromatic carbocycles. The molecular weight excluding hydrogens is 254 g/mol. The van der Waals surface area contributed by atoms with Crippen LogP contribution in [0.25, 0.3) is 0 Å². The number of hydrogen-bond donors (Lipinski definition) is 0. The molecule has 2 atom stereocenters. The molecule has 0 amide bonds. The lowest BCUT2D eigenvalue weighted by Crippen LogP contribution is -2.53. The Hall–Kier alpha value is -1.97. The van der Waals surface area contributed by atoms with Crippen molar-refractivity contribution in [1.29, 1.82) is 0 Å². The standard InChI is InChI=1S/C16H17NO3/c1-9-6-11-7-13-12(5-4-10(2)17-13)16(8-9,14(11)18)15(19)20-3/h4-6,11H,7-8H2,1-3H3/t11-,16-/m0/s1. The molecular formula is C16H17NO3. The first-order chi connectivity index (χ1) is 9.49. The van der Waals surface area contributed by atoms with Crippen LogP contribution >= 0.6 is 0 Å². The molecule has 0 fully saturated rings. The number of ketones is 1. The molecule has 1 aromatic rings. The predicted molar refractivity (Wildman–Crippen MR) is 73.2 cm³/mol. The van der Waals surface area contributed by atoms with E-state index in [4.69, 9.17) is 4.74 Å². The Balaban J connectivity index is 2.29. The van der Waals surface area contributed by atoms with Crippen LogP contribution in [-0.4, -0.2) is 23.8 Å². The molecule has 2 aliphatic carbocycles. The highest BCUT2D eigenvalue weighted by atomic mass is 16.5. The summed E-state index contributed by atoms with van der Waals surface area (Å²) in [7, 11) is 1.34. The molecule has 4 nitrogen and oxygen atoms in total. The van der Waals surface area contributed by atoms with E-state index in [1.165, 1.54) is 7.11 Å². The van der Waals surface area contributed by atoms with Crippen molar-refractivity contribution in [3.05, 3.63) is 40.7 Å². The predicted octanol–water partition coefficient (Wildman–Crippen LogP) is 1.89. The van der Waals surface area contributed by atoms with Crippen molar-refractivity contribution < 1.29 is 14.3 Å². The third-order valence-corrected chi connectivity index (χ3v) is 4.31. The zero-order valence-corrected chi connectivity index (χ0v) is 11.9. The van der Waals surface area contributed by atoms with Gasteiger partial charge in [-0.2, -0.15) is 0 Å². The van der Waals surface area contributed by atoms with Crippen molar-refractivity contribution in [2.45, 2.75) is 32.1 Å². The summed E-state index contributed by atoms with van der Waals surface area (Å²) in [4.78, 5) is 29.7. The lowest BCUT2D eigenvalue weighted by molar-refractivity contribution is -0.154. The van der Waals surface area contributed by atoms with E-state index < -0.39 is 11.4 Å². The molecule has 104 valence electrons. The summed E-state index contributed by atoms with van der Waals surface area (Å²) in [6.45, 7) is 3.88. The Morgan fingerprint density at radius 3 is 2.85 bits per heavy atom. The van der Waals surface area contributed by atoms with Crippen LogP contribution in [0.5, 0.6) is 0 Å². The molecule has 0 unspecified atom stereocenters. The third kappa shape index (κ3) is 1.57. The average Bonchev–Trinajstić information content (AvgIpc) is 2.40. The molecule has 1 aromatic heterocycles. The van der Waals surface area contributed by atoms with E-state index in [1.54, 1.807) is 0 Å². The van der Waals surface area contributed by atoms with Crippen LogP contribution in [0.3, 0.4) is 0 Å². The fourth-order valence-corrected chi connectivity index (χ4v) is 3.50. The van der Waals surface area contributed by atoms with Gasteiger partial charge in [-0.25, -0.2) is 0 Å². The highest BCUT2D eigenvalue weighted by Gasteiger charge is 2.56. The average molecular weight is 271 g/mol. The quantitative estimate of drug-likeness (QED) is 0.444. The molecule has 20 heavy (non-hydrogen) atoms. The Bertz CT molecular complexity index is 647. The SMILES string of the molecule is COC(=O)[C@@]12CC(C)=C[C@@H](Cc3nc(C)ccc31)C2=O. The van der Waals surface area contributed by atoms with Gasteiger partial charge in [-0.3, -0.25) is 14.6 Å². The first kappa shape index (κ1) is 13.0. The fraction of sp³-hybridized carbons (Fsp3) is 0.438. The van der Waals surface area contributed by atoms with Crippen molar-refractivity contribution in [3.8, 4) is 0 Å². The van der Waals surface area contributed by atoms with Gasteiger partial charge < -0.3 is 4.74 Å². The molecule has 1 heterocycles. The summed E-state index contributed by atoms with van der Waals surface area (Å²) >= 11 is 0. The molecule has 0 aliphatic heterocycles. The number of carbonyl (C=O) groups excluding carboxylic acids is 2. The Kier molecular flexibility index (Phi) is 2.78. The molecule has 0 radical (unpaired) electrons. The number of ether oxygens (including phenoxy) is 1. The molecule has 0 spiro atoms. The van der Waals surface area contributed by atoms with Crippen molar-refractivity contribution in [2.24, 2.45) is 5.92 Å². The summed E-state index contributed by atoms with van der Waals surface area (Å²) in [5.74, 6) is -0.774. The van der Waals surface area contributed by atoms with Gasteiger partial charge in [-0.15, -0.1) is 0 Å². The Morgan fingerprint density at radius 1 is 1.40 bits per heavy atom. The van der Waals surface area contributed by atoms with Gasteiger partial charge in [-0.05, 0) is 31.9 Å². The van der Waals surface area contributed by atoms with Crippen molar-refractivity contribution in [1.82, 2.24) is 4.98 Å². The van der Waals surface area contributed by atoms with Crippen LogP contribution in [0.2, 0.25) is 0 Å². The second kappa shape index (κ2) is 4.27. The molecule has 4 heteroatoms. The number of Topliss-reactive ketones (excluding diaryl/α,β-unsaturated/α-hetero) is 1. The fourth-order valence-electron chi connectivity index (χ4n) is 3.50. The highest BCUT2D eigenvalue weighted by molar-refractivity contribution is 6.13. The summed E-state index contributed by atoms with van der Waals surface area (Å²) < 4.78 is 4.96. The van der Waals surface area contributed by atoms with E-state index >= 15 is 0 Å². The number of rotatable bonds is 1. The first-order valence-electron chi connectivity index (χ1n) is 6.76. The summed E-state index contributed by atoms with van der Waals surface area (Å²) in [5.41, 5.74) is 2.35. The first-order valence-corrected chi connectivity index (χ1v) is 6.76. The van der Waals surface area contributed by atoms with Crippen LogP contribution in [0.1, 0.15) is 30.3 Å². The lowest BCUT2D eigenvalue weighted by atomic mass is 9.60. The van der Waals surface area contributed by atoms with Crippen LogP contribution in [0.4, 0.5) is 0 Å². The van der Waals surface area contributed by atoms with E-state index in [9.17, 15) is 9.59 Å². The molecule has 2 aliphatic rings. The molecule has 0 saturated carbocycles. The van der Waals surface area contributed by atoms with E-state index in [-0.39, 0.29) is 11.7 Å². The van der Waals surface area contributed by atoms with E-state index in [0.717, 1.165) is 22.5 Å². The number of esters is 1. The van der Waals surface area contributed by atoms with Crippen LogP contribution < -0.4 is 0 Å². The lowest BCUT2D eigenvalue weighted by Gasteiger charge is -2.41. The maximum absolute atomic E-state index is 12.7. The minimum Gasteiger partial charge on any atom is -0.468 e. The Morgan fingerprint density at radius 2 is 2.15 bits per heavy atom. The monoisotopic (exact) mass is 271 g/mol. The molecule has 2 bridgehead atoms. The van der Waals surface area contributed by atoms with Crippen LogP contribution in [0.15, 0.2) is 23.8 Å². The summed E-state index contributed by atoms with van der Waals surface area (Å²) in [6.07, 6.45) is 2.94. The van der Waals surface area contributed by atoms with Crippen LogP contribution in [-0.2, 0) is 26.2 Å². The smallest absolute Gasteiger partial charge is 0.324 e. The molecule has 3 rings (SSSR count). The minimum atomic E-state index is -1.19. The normalized spacial score (nSPS) is 27.6. The summed E-state index contributed by atoms with van der Waals surface area (Å²) in [6, 6.07) is 3.71. The number of aromatic nitrogens is 1. The number of nitrogens with zero attached hydrogens (tertiary/aromatic N) is 1. The number of pyridine rings is 1.